The molecule has 3 atom stereocenters. The number of halogens is 1. The van der Waals surface area contributed by atoms with Crippen LogP contribution in [0.5, 0.6) is 0 Å². The lowest BCUT2D eigenvalue weighted by Gasteiger charge is -2.42. The maximum atomic E-state index is 14.3. The molecule has 2 unspecified atom stereocenters. The van der Waals surface area contributed by atoms with Crippen molar-refractivity contribution >= 4 is 29.5 Å². The number of likely N-dealkylation sites (N-methyl/N-ethyl adjacent to an activating group) is 1. The van der Waals surface area contributed by atoms with Crippen molar-refractivity contribution < 1.29 is 19.1 Å². The summed E-state index contributed by atoms with van der Waals surface area (Å²) in [4.78, 5) is 49.9. The Morgan fingerprint density at radius 2 is 1.63 bits per heavy atom. The van der Waals surface area contributed by atoms with Crippen LogP contribution in [0.2, 0.25) is 5.02 Å². The van der Waals surface area contributed by atoms with Gasteiger partial charge < -0.3 is 19.9 Å². The van der Waals surface area contributed by atoms with Crippen LogP contribution in [0.15, 0.2) is 72.8 Å². The van der Waals surface area contributed by atoms with Crippen LogP contribution >= 0.6 is 11.6 Å². The third-order valence-corrected chi connectivity index (χ3v) is 10.2. The number of hydrogen-bond donors (Lipinski definition) is 1. The first kappa shape index (κ1) is 38.3. The molecule has 0 bridgehead atoms. The Balaban J connectivity index is 1.32. The Bertz CT molecular complexity index is 1650. The van der Waals surface area contributed by atoms with Crippen molar-refractivity contribution in [2.24, 2.45) is 0 Å². The molecule has 2 heterocycles. The highest BCUT2D eigenvalue weighted by atomic mass is 35.5. The van der Waals surface area contributed by atoms with Gasteiger partial charge in [0.2, 0.25) is 11.8 Å². The van der Waals surface area contributed by atoms with Gasteiger partial charge >= 0.3 is 6.09 Å². The monoisotopic (exact) mass is 715 g/mol. The largest absolute Gasteiger partial charge is 0.444 e. The van der Waals surface area contributed by atoms with E-state index >= 15 is 0 Å². The zero-order valence-corrected chi connectivity index (χ0v) is 31.8. The summed E-state index contributed by atoms with van der Waals surface area (Å²) >= 11 is 6.18. The smallest absolute Gasteiger partial charge is 0.411 e. The first-order chi connectivity index (χ1) is 24.3. The molecule has 9 nitrogen and oxygen atoms in total. The average Bonchev–Trinajstić information content (AvgIpc) is 3.47. The maximum Gasteiger partial charge on any atom is 0.411 e. The predicted molar refractivity (Wildman–Crippen MR) is 203 cm³/mol. The standard InChI is InChI=1S/C41H54ClN5O4/c1-7-44(8-2)28-37(31-14-11-12-29(3)24-31)45-20-22-46(23-21-45)39(49)35(25-30-16-18-33(42)19-17-30)43-38(48)26-36-34-15-10-9-13-32(34)27-47(36)40(50)51-41(4,5)6/h9-19,24,35-37H,7-8,20-23,25-28H2,1-6H3,(H,43,48)/t35-,36?,37?/m1/s1. The SMILES string of the molecule is CCN(CC)CC(c1cccc(C)c1)N1CCN(C(=O)[C@@H](Cc2ccc(Cl)cc2)NC(=O)CC2c3ccccc3CN2C(=O)OC(C)(C)C)CC1. The molecule has 3 aromatic carbocycles. The molecule has 3 aromatic rings. The van der Waals surface area contributed by atoms with Gasteiger partial charge in [-0.1, -0.05) is 91.7 Å². The number of nitrogens with zero attached hydrogens (tertiary/aromatic N) is 4. The molecule has 5 rings (SSSR count). The maximum absolute atomic E-state index is 14.3. The predicted octanol–water partition coefficient (Wildman–Crippen LogP) is 6.79. The number of hydrogen-bond acceptors (Lipinski definition) is 6. The molecule has 0 aliphatic carbocycles. The average molecular weight is 716 g/mol. The Morgan fingerprint density at radius 1 is 0.941 bits per heavy atom. The van der Waals surface area contributed by atoms with Crippen molar-refractivity contribution in [3.8, 4) is 0 Å². The third-order valence-electron chi connectivity index (χ3n) is 9.94. The van der Waals surface area contributed by atoms with Crippen molar-refractivity contribution in [3.05, 3.63) is 106 Å². The first-order valence-electron chi connectivity index (χ1n) is 18.3. The van der Waals surface area contributed by atoms with Crippen LogP contribution in [0.4, 0.5) is 4.79 Å². The summed E-state index contributed by atoms with van der Waals surface area (Å²) in [6, 6.07) is 22.8. The van der Waals surface area contributed by atoms with Crippen LogP contribution in [0.1, 0.15) is 80.9 Å². The molecule has 2 aliphatic rings. The van der Waals surface area contributed by atoms with Gasteiger partial charge in [-0.3, -0.25) is 19.4 Å². The topological polar surface area (TPSA) is 85.4 Å². The van der Waals surface area contributed by atoms with Gasteiger partial charge in [-0.25, -0.2) is 4.79 Å². The third kappa shape index (κ3) is 10.1. The van der Waals surface area contributed by atoms with Gasteiger partial charge in [-0.2, -0.15) is 0 Å². The fraction of sp³-hybridized carbons (Fsp3) is 0.488. The van der Waals surface area contributed by atoms with Crippen molar-refractivity contribution in [1.29, 1.82) is 0 Å². The van der Waals surface area contributed by atoms with E-state index in [4.69, 9.17) is 16.3 Å². The molecular formula is C41H54ClN5O4. The number of piperazine rings is 1. The number of carbonyl (C=O) groups is 3. The zero-order valence-electron chi connectivity index (χ0n) is 31.0. The number of ether oxygens (including phenoxy) is 1. The van der Waals surface area contributed by atoms with Gasteiger partial charge in [-0.05, 0) is 75.2 Å². The molecule has 51 heavy (non-hydrogen) atoms. The number of amides is 3. The van der Waals surface area contributed by atoms with Crippen molar-refractivity contribution in [1.82, 2.24) is 24.9 Å². The number of rotatable bonds is 12. The van der Waals surface area contributed by atoms with E-state index in [9.17, 15) is 14.4 Å². The van der Waals surface area contributed by atoms with E-state index in [0.717, 1.165) is 49.4 Å². The molecule has 1 saturated heterocycles. The minimum Gasteiger partial charge on any atom is -0.444 e. The van der Waals surface area contributed by atoms with Gasteiger partial charge in [0.1, 0.15) is 11.6 Å². The van der Waals surface area contributed by atoms with Crippen LogP contribution in [-0.2, 0) is 27.3 Å². The van der Waals surface area contributed by atoms with E-state index < -0.39 is 23.8 Å². The van der Waals surface area contributed by atoms with Gasteiger partial charge in [0, 0.05) is 56.8 Å². The molecule has 0 spiro atoms. The molecule has 1 N–H and O–H groups in total. The Labute approximate surface area is 308 Å². The van der Waals surface area contributed by atoms with E-state index in [1.54, 1.807) is 17.0 Å². The summed E-state index contributed by atoms with van der Waals surface area (Å²) in [5.41, 5.74) is 4.66. The summed E-state index contributed by atoms with van der Waals surface area (Å²) in [5, 5.41) is 3.70. The van der Waals surface area contributed by atoms with Crippen molar-refractivity contribution in [2.75, 3.05) is 45.8 Å². The Morgan fingerprint density at radius 3 is 2.27 bits per heavy atom. The van der Waals surface area contributed by atoms with Crippen LogP contribution in [0.25, 0.3) is 0 Å². The number of carbonyl (C=O) groups excluding carboxylic acids is 3. The lowest BCUT2D eigenvalue weighted by atomic mass is 10.00. The van der Waals surface area contributed by atoms with Crippen molar-refractivity contribution in [3.63, 3.8) is 0 Å². The molecule has 3 amide bonds. The summed E-state index contributed by atoms with van der Waals surface area (Å²) in [6.45, 7) is 17.8. The summed E-state index contributed by atoms with van der Waals surface area (Å²) in [6.07, 6.45) is -0.127. The van der Waals surface area contributed by atoms with Crippen LogP contribution in [0, 0.1) is 6.92 Å². The van der Waals surface area contributed by atoms with Gasteiger partial charge in [-0.15, -0.1) is 0 Å². The molecule has 0 aromatic heterocycles. The molecule has 0 radical (unpaired) electrons. The molecule has 0 saturated carbocycles. The van der Waals surface area contributed by atoms with Gasteiger partial charge in [0.15, 0.2) is 0 Å². The second-order valence-electron chi connectivity index (χ2n) is 14.8. The van der Waals surface area contributed by atoms with Gasteiger partial charge in [0.05, 0.1) is 12.5 Å². The van der Waals surface area contributed by atoms with E-state index in [2.05, 4.69) is 60.2 Å². The molecule has 274 valence electrons. The van der Waals surface area contributed by atoms with Crippen molar-refractivity contribution in [2.45, 2.75) is 84.7 Å². The summed E-state index contributed by atoms with van der Waals surface area (Å²) in [7, 11) is 0. The number of benzene rings is 3. The number of fused-ring (bicyclic) bond motifs is 1. The van der Waals surface area contributed by atoms with E-state index in [0.29, 0.717) is 31.1 Å². The van der Waals surface area contributed by atoms with E-state index in [-0.39, 0.29) is 24.3 Å². The molecule has 2 aliphatic heterocycles. The lowest BCUT2D eigenvalue weighted by molar-refractivity contribution is -0.138. The second kappa shape index (κ2) is 17.1. The molecule has 1 fully saturated rings. The van der Waals surface area contributed by atoms with Crippen LogP contribution < -0.4 is 5.32 Å². The molecule has 10 heteroatoms. The minimum atomic E-state index is -0.778. The highest BCUT2D eigenvalue weighted by Crippen LogP contribution is 2.37. The molecular weight excluding hydrogens is 662 g/mol. The lowest BCUT2D eigenvalue weighted by Crippen LogP contribution is -2.56. The second-order valence-corrected chi connectivity index (χ2v) is 15.2. The Hall–Kier alpha value is -3.92. The zero-order chi connectivity index (χ0) is 36.7. The fourth-order valence-electron chi connectivity index (χ4n) is 7.19. The quantitative estimate of drug-likeness (QED) is 0.223. The summed E-state index contributed by atoms with van der Waals surface area (Å²) < 4.78 is 5.72. The van der Waals surface area contributed by atoms with Crippen LogP contribution in [0.3, 0.4) is 0 Å². The Kier molecular flexibility index (Phi) is 12.8. The highest BCUT2D eigenvalue weighted by Gasteiger charge is 2.38. The number of nitrogens with one attached hydrogen (secondary N) is 1. The fourth-order valence-corrected chi connectivity index (χ4v) is 7.32. The van der Waals surface area contributed by atoms with Gasteiger partial charge in [0.25, 0.3) is 0 Å². The van der Waals surface area contributed by atoms with E-state index in [1.165, 1.54) is 11.1 Å². The number of aryl methyl sites for hydroxylation is 1. The normalized spacial score (nSPS) is 17.6. The summed E-state index contributed by atoms with van der Waals surface area (Å²) in [5.74, 6) is -0.403. The van der Waals surface area contributed by atoms with Crippen LogP contribution in [-0.4, -0.2) is 95.0 Å². The minimum absolute atomic E-state index is 0.0119. The van der Waals surface area contributed by atoms with E-state index in [1.807, 2.05) is 62.1 Å². The highest BCUT2D eigenvalue weighted by molar-refractivity contribution is 6.30. The first-order valence-corrected chi connectivity index (χ1v) is 18.7.